The van der Waals surface area contributed by atoms with Gasteiger partial charge in [-0.2, -0.15) is 0 Å². The molecule has 0 aliphatic heterocycles. The number of nitrogens with two attached hydrogens (primary N) is 1. The minimum absolute atomic E-state index is 0.0538. The lowest BCUT2D eigenvalue weighted by Crippen LogP contribution is -2.36. The molecule has 0 aromatic heterocycles. The van der Waals surface area contributed by atoms with Gasteiger partial charge in [-0.25, -0.2) is 0 Å². The highest BCUT2D eigenvalue weighted by molar-refractivity contribution is 5.94. The summed E-state index contributed by atoms with van der Waals surface area (Å²) in [6.07, 6.45) is -0.212. The van der Waals surface area contributed by atoms with Gasteiger partial charge in [-0.05, 0) is 24.1 Å². The van der Waals surface area contributed by atoms with Crippen molar-refractivity contribution in [3.05, 3.63) is 29.8 Å². The Morgan fingerprint density at radius 2 is 1.70 bits per heavy atom. The van der Waals surface area contributed by atoms with Crippen LogP contribution in [-0.4, -0.2) is 34.1 Å². The monoisotopic (exact) mass is 280 g/mol. The largest absolute Gasteiger partial charge is 0.481 e. The molecular formula is C13H16N2O5. The third kappa shape index (κ3) is 5.49. The average Bonchev–Trinajstić information content (AvgIpc) is 2.37. The molecule has 7 nitrogen and oxygen atoms in total. The van der Waals surface area contributed by atoms with Crippen LogP contribution in [0.1, 0.15) is 18.4 Å². The van der Waals surface area contributed by atoms with Gasteiger partial charge < -0.3 is 21.3 Å². The lowest BCUT2D eigenvalue weighted by molar-refractivity contribution is -0.137. The molecule has 0 radical (unpaired) electrons. The highest BCUT2D eigenvalue weighted by Gasteiger charge is 2.15. The van der Waals surface area contributed by atoms with Crippen LogP contribution in [0.4, 0.5) is 5.69 Å². The lowest BCUT2D eigenvalue weighted by Gasteiger charge is -2.11. The molecule has 5 N–H and O–H groups in total. The van der Waals surface area contributed by atoms with Crippen LogP contribution >= 0.6 is 0 Å². The highest BCUT2D eigenvalue weighted by Crippen LogP contribution is 2.11. The fourth-order valence-corrected chi connectivity index (χ4v) is 1.53. The standard InChI is InChI=1S/C13H16N2O5/c14-10(5-6-11(16)17)13(20)15-9-3-1-8(2-4-9)7-12(18)19/h1-4,10H,5-7,14H2,(H,15,20)(H,16,17)(H,18,19). The SMILES string of the molecule is NC(CCC(=O)O)C(=O)Nc1ccc(CC(=O)O)cc1. The van der Waals surface area contributed by atoms with Gasteiger partial charge in [0.25, 0.3) is 0 Å². The first-order valence-corrected chi connectivity index (χ1v) is 5.97. The topological polar surface area (TPSA) is 130 Å². The van der Waals surface area contributed by atoms with Gasteiger partial charge in [0.1, 0.15) is 0 Å². The number of carbonyl (C=O) groups is 3. The van der Waals surface area contributed by atoms with E-state index in [4.69, 9.17) is 15.9 Å². The second kappa shape index (κ2) is 7.25. The highest BCUT2D eigenvalue weighted by atomic mass is 16.4. The number of nitrogens with one attached hydrogen (secondary N) is 1. The fourth-order valence-electron chi connectivity index (χ4n) is 1.53. The number of hydrogen-bond donors (Lipinski definition) is 4. The van der Waals surface area contributed by atoms with Gasteiger partial charge in [-0.3, -0.25) is 14.4 Å². The molecule has 0 bridgehead atoms. The number of amides is 1. The van der Waals surface area contributed by atoms with Crippen LogP contribution in [-0.2, 0) is 20.8 Å². The zero-order chi connectivity index (χ0) is 15.1. The number of aliphatic carboxylic acids is 2. The van der Waals surface area contributed by atoms with Gasteiger partial charge in [-0.1, -0.05) is 12.1 Å². The van der Waals surface area contributed by atoms with E-state index in [0.717, 1.165) is 0 Å². The number of rotatable bonds is 7. The van der Waals surface area contributed by atoms with Crippen LogP contribution in [0.5, 0.6) is 0 Å². The van der Waals surface area contributed by atoms with Crippen molar-refractivity contribution in [1.29, 1.82) is 0 Å². The van der Waals surface area contributed by atoms with Crippen LogP contribution in [0.2, 0.25) is 0 Å². The van der Waals surface area contributed by atoms with E-state index in [1.807, 2.05) is 0 Å². The van der Waals surface area contributed by atoms with E-state index in [1.165, 1.54) is 0 Å². The van der Waals surface area contributed by atoms with Gasteiger partial charge in [0, 0.05) is 12.1 Å². The van der Waals surface area contributed by atoms with Crippen LogP contribution in [0.25, 0.3) is 0 Å². The number of carbonyl (C=O) groups excluding carboxylic acids is 1. The van der Waals surface area contributed by atoms with Gasteiger partial charge in [0.2, 0.25) is 5.91 Å². The Morgan fingerprint density at radius 1 is 1.10 bits per heavy atom. The van der Waals surface area contributed by atoms with Crippen LogP contribution in [0, 0.1) is 0 Å². The quantitative estimate of drug-likeness (QED) is 0.573. The van der Waals surface area contributed by atoms with Crippen molar-refractivity contribution in [2.45, 2.75) is 25.3 Å². The number of hydrogen-bond acceptors (Lipinski definition) is 4. The Bertz CT molecular complexity index is 498. The zero-order valence-corrected chi connectivity index (χ0v) is 10.7. The molecule has 7 heteroatoms. The fraction of sp³-hybridized carbons (Fsp3) is 0.308. The summed E-state index contributed by atoms with van der Waals surface area (Å²) in [6.45, 7) is 0. The normalized spacial score (nSPS) is 11.7. The molecule has 0 saturated heterocycles. The first-order valence-electron chi connectivity index (χ1n) is 5.97. The molecule has 1 rings (SSSR count). The summed E-state index contributed by atoms with van der Waals surface area (Å²) in [5, 5.41) is 19.7. The third-order valence-corrected chi connectivity index (χ3v) is 2.58. The number of benzene rings is 1. The second-order valence-corrected chi connectivity index (χ2v) is 4.30. The molecule has 1 amide bonds. The van der Waals surface area contributed by atoms with Gasteiger partial charge in [0.05, 0.1) is 12.5 Å². The molecule has 0 heterocycles. The van der Waals surface area contributed by atoms with Crippen molar-refractivity contribution in [2.75, 3.05) is 5.32 Å². The molecule has 0 saturated carbocycles. The van der Waals surface area contributed by atoms with Gasteiger partial charge in [0.15, 0.2) is 0 Å². The van der Waals surface area contributed by atoms with E-state index in [-0.39, 0.29) is 19.3 Å². The summed E-state index contributed by atoms with van der Waals surface area (Å²) in [4.78, 5) is 32.6. The van der Waals surface area contributed by atoms with Gasteiger partial charge >= 0.3 is 11.9 Å². The van der Waals surface area contributed by atoms with Gasteiger partial charge in [-0.15, -0.1) is 0 Å². The molecule has 0 spiro atoms. The molecule has 1 atom stereocenters. The zero-order valence-electron chi connectivity index (χ0n) is 10.7. The summed E-state index contributed by atoms with van der Waals surface area (Å²) in [5.74, 6) is -2.42. The van der Waals surface area contributed by atoms with E-state index >= 15 is 0 Å². The molecular weight excluding hydrogens is 264 g/mol. The third-order valence-electron chi connectivity index (χ3n) is 2.58. The maximum atomic E-state index is 11.7. The molecule has 0 fully saturated rings. The Morgan fingerprint density at radius 3 is 2.20 bits per heavy atom. The molecule has 0 aliphatic carbocycles. The van der Waals surface area contributed by atoms with Crippen molar-refractivity contribution in [3.8, 4) is 0 Å². The first-order chi connectivity index (χ1) is 9.38. The van der Waals surface area contributed by atoms with E-state index in [0.29, 0.717) is 11.3 Å². The Hall–Kier alpha value is -2.41. The summed E-state index contributed by atoms with van der Waals surface area (Å²) in [6, 6.07) is 5.42. The molecule has 108 valence electrons. The van der Waals surface area contributed by atoms with Crippen LogP contribution < -0.4 is 11.1 Å². The smallest absolute Gasteiger partial charge is 0.307 e. The summed E-state index contributed by atoms with van der Waals surface area (Å²) >= 11 is 0. The number of anilines is 1. The second-order valence-electron chi connectivity index (χ2n) is 4.30. The van der Waals surface area contributed by atoms with Crippen molar-refractivity contribution in [2.24, 2.45) is 5.73 Å². The van der Waals surface area contributed by atoms with E-state index in [1.54, 1.807) is 24.3 Å². The predicted octanol–water partition coefficient (Wildman–Crippen LogP) is 0.444. The first kappa shape index (κ1) is 15.6. The lowest BCUT2D eigenvalue weighted by atomic mass is 10.1. The average molecular weight is 280 g/mol. The molecule has 20 heavy (non-hydrogen) atoms. The molecule has 1 unspecified atom stereocenters. The maximum Gasteiger partial charge on any atom is 0.307 e. The maximum absolute atomic E-state index is 11.7. The van der Waals surface area contributed by atoms with E-state index in [2.05, 4.69) is 5.32 Å². The van der Waals surface area contributed by atoms with Crippen molar-refractivity contribution >= 4 is 23.5 Å². The van der Waals surface area contributed by atoms with E-state index < -0.39 is 23.9 Å². The Labute approximate surface area is 115 Å². The van der Waals surface area contributed by atoms with Crippen molar-refractivity contribution < 1.29 is 24.6 Å². The van der Waals surface area contributed by atoms with E-state index in [9.17, 15) is 14.4 Å². The number of carboxylic acids is 2. The number of carboxylic acid groups (broad SMARTS) is 2. The van der Waals surface area contributed by atoms with Crippen LogP contribution in [0.15, 0.2) is 24.3 Å². The Balaban J connectivity index is 2.53. The van der Waals surface area contributed by atoms with Crippen molar-refractivity contribution in [1.82, 2.24) is 0 Å². The minimum Gasteiger partial charge on any atom is -0.481 e. The predicted molar refractivity (Wildman–Crippen MR) is 71.3 cm³/mol. The molecule has 0 aliphatic rings. The summed E-state index contributed by atoms with van der Waals surface area (Å²) in [5.41, 5.74) is 6.65. The minimum atomic E-state index is -1.01. The van der Waals surface area contributed by atoms with Crippen molar-refractivity contribution in [3.63, 3.8) is 0 Å². The molecule has 1 aromatic carbocycles. The summed E-state index contributed by atoms with van der Waals surface area (Å²) < 4.78 is 0. The summed E-state index contributed by atoms with van der Waals surface area (Å²) in [7, 11) is 0. The Kier molecular flexibility index (Phi) is 5.67. The van der Waals surface area contributed by atoms with Crippen LogP contribution in [0.3, 0.4) is 0 Å². The molecule has 1 aromatic rings.